The Bertz CT molecular complexity index is 685. The monoisotopic (exact) mass is 303 g/mol. The second kappa shape index (κ2) is 5.17. The van der Waals surface area contributed by atoms with Crippen molar-refractivity contribution in [2.45, 2.75) is 31.9 Å². The summed E-state index contributed by atoms with van der Waals surface area (Å²) in [6.07, 6.45) is 3.17. The van der Waals surface area contributed by atoms with Crippen LogP contribution in [0.15, 0.2) is 17.3 Å². The first-order valence-electron chi connectivity index (χ1n) is 7.11. The zero-order valence-corrected chi connectivity index (χ0v) is 12.4. The summed E-state index contributed by atoms with van der Waals surface area (Å²) in [5.74, 6) is -0.871. The Morgan fingerprint density at radius 1 is 1.59 bits per heavy atom. The van der Waals surface area contributed by atoms with Gasteiger partial charge in [0.05, 0.1) is 12.2 Å². The van der Waals surface area contributed by atoms with E-state index in [1.54, 1.807) is 0 Å². The standard InChI is InChI=1S/C15H17N3O4/c1-8-3-4-15(8)14(21)17-12(18-15)11-10(13(19)20)5-9(6-16-11)7-22-2/h5-6,8H,3-4,7H2,1-2H3,(H,19,20)(H,17,18,21). The van der Waals surface area contributed by atoms with Crippen molar-refractivity contribution in [2.75, 3.05) is 7.11 Å². The predicted molar refractivity (Wildman–Crippen MR) is 77.7 cm³/mol. The van der Waals surface area contributed by atoms with Crippen LogP contribution in [0.1, 0.15) is 41.4 Å². The minimum atomic E-state index is -1.11. The molecule has 1 aliphatic heterocycles. The summed E-state index contributed by atoms with van der Waals surface area (Å²) < 4.78 is 4.99. The highest BCUT2D eigenvalue weighted by atomic mass is 16.5. The zero-order valence-electron chi connectivity index (χ0n) is 12.4. The molecule has 1 aromatic rings. The number of pyridine rings is 1. The Hall–Kier alpha value is -2.28. The van der Waals surface area contributed by atoms with Crippen LogP contribution >= 0.6 is 0 Å². The van der Waals surface area contributed by atoms with Gasteiger partial charge in [0.15, 0.2) is 5.84 Å². The molecule has 7 heteroatoms. The summed E-state index contributed by atoms with van der Waals surface area (Å²) >= 11 is 0. The van der Waals surface area contributed by atoms with Gasteiger partial charge >= 0.3 is 5.97 Å². The molecule has 1 spiro atoms. The summed E-state index contributed by atoms with van der Waals surface area (Å²) in [5.41, 5.74) is 0.118. The van der Waals surface area contributed by atoms with Crippen molar-refractivity contribution in [1.29, 1.82) is 0 Å². The van der Waals surface area contributed by atoms with Crippen molar-refractivity contribution < 1.29 is 19.4 Å². The molecule has 1 amide bonds. The Balaban J connectivity index is 2.02. The topological polar surface area (TPSA) is 101 Å². The summed E-state index contributed by atoms with van der Waals surface area (Å²) in [4.78, 5) is 32.3. The van der Waals surface area contributed by atoms with Gasteiger partial charge in [-0.2, -0.15) is 0 Å². The van der Waals surface area contributed by atoms with Gasteiger partial charge in [-0.05, 0) is 30.4 Å². The van der Waals surface area contributed by atoms with E-state index >= 15 is 0 Å². The van der Waals surface area contributed by atoms with Crippen LogP contribution in [0.2, 0.25) is 0 Å². The molecule has 0 bridgehead atoms. The average molecular weight is 303 g/mol. The van der Waals surface area contributed by atoms with Crippen LogP contribution in [0.5, 0.6) is 0 Å². The Labute approximate surface area is 127 Å². The molecular formula is C15H17N3O4. The van der Waals surface area contributed by atoms with Crippen molar-refractivity contribution >= 4 is 17.7 Å². The number of nitrogens with zero attached hydrogens (tertiary/aromatic N) is 2. The molecule has 1 saturated carbocycles. The smallest absolute Gasteiger partial charge is 0.338 e. The molecule has 3 rings (SSSR count). The lowest BCUT2D eigenvalue weighted by atomic mass is 9.68. The number of carbonyl (C=O) groups excluding carboxylic acids is 1. The number of nitrogens with one attached hydrogen (secondary N) is 1. The molecule has 116 valence electrons. The molecule has 1 fully saturated rings. The molecule has 0 saturated heterocycles. The highest BCUT2D eigenvalue weighted by molar-refractivity contribution is 6.17. The van der Waals surface area contributed by atoms with Gasteiger partial charge in [-0.15, -0.1) is 0 Å². The zero-order chi connectivity index (χ0) is 15.9. The number of aromatic carboxylic acids is 1. The molecule has 1 aliphatic carbocycles. The summed E-state index contributed by atoms with van der Waals surface area (Å²) in [6, 6.07) is 1.50. The number of hydrogen-bond acceptors (Lipinski definition) is 5. The number of aliphatic imine (C=N–C) groups is 1. The lowest BCUT2D eigenvalue weighted by Gasteiger charge is -2.39. The fourth-order valence-electron chi connectivity index (χ4n) is 2.92. The van der Waals surface area contributed by atoms with Gasteiger partial charge in [0.1, 0.15) is 11.2 Å². The second-order valence-electron chi connectivity index (χ2n) is 5.76. The first kappa shape index (κ1) is 14.6. The van der Waals surface area contributed by atoms with Crippen LogP contribution in [0.25, 0.3) is 0 Å². The first-order valence-corrected chi connectivity index (χ1v) is 7.11. The lowest BCUT2D eigenvalue weighted by Crippen LogP contribution is -2.51. The van der Waals surface area contributed by atoms with Crippen LogP contribution in [-0.4, -0.2) is 40.5 Å². The Morgan fingerprint density at radius 2 is 2.36 bits per heavy atom. The lowest BCUT2D eigenvalue weighted by molar-refractivity contribution is -0.129. The van der Waals surface area contributed by atoms with Crippen molar-refractivity contribution in [1.82, 2.24) is 10.3 Å². The molecule has 22 heavy (non-hydrogen) atoms. The quantitative estimate of drug-likeness (QED) is 0.863. The molecule has 0 aromatic carbocycles. The number of ether oxygens (including phenoxy) is 1. The van der Waals surface area contributed by atoms with Gasteiger partial charge < -0.3 is 15.2 Å². The highest BCUT2D eigenvalue weighted by Gasteiger charge is 2.54. The number of amides is 1. The minimum absolute atomic E-state index is 0.0117. The minimum Gasteiger partial charge on any atom is -0.478 e. The first-order chi connectivity index (χ1) is 10.5. The van der Waals surface area contributed by atoms with Crippen molar-refractivity contribution in [3.63, 3.8) is 0 Å². The maximum Gasteiger partial charge on any atom is 0.338 e. The third-order valence-corrected chi connectivity index (χ3v) is 4.42. The van der Waals surface area contributed by atoms with Crippen LogP contribution in [-0.2, 0) is 16.1 Å². The van der Waals surface area contributed by atoms with E-state index in [0.717, 1.165) is 6.42 Å². The van der Waals surface area contributed by atoms with E-state index < -0.39 is 11.5 Å². The van der Waals surface area contributed by atoms with E-state index in [-0.39, 0.29) is 35.5 Å². The maximum absolute atomic E-state index is 12.2. The number of carboxylic acids is 1. The molecule has 2 aliphatic rings. The molecule has 1 aromatic heterocycles. The van der Waals surface area contributed by atoms with E-state index in [1.807, 2.05) is 6.92 Å². The molecule has 2 heterocycles. The van der Waals surface area contributed by atoms with Gasteiger partial charge in [0, 0.05) is 13.3 Å². The molecule has 2 atom stereocenters. The fraction of sp³-hybridized carbons (Fsp3) is 0.467. The molecule has 7 nitrogen and oxygen atoms in total. The van der Waals surface area contributed by atoms with Gasteiger partial charge in [0.2, 0.25) is 0 Å². The van der Waals surface area contributed by atoms with Crippen LogP contribution < -0.4 is 5.32 Å². The number of carbonyl (C=O) groups is 2. The number of rotatable bonds is 4. The third-order valence-electron chi connectivity index (χ3n) is 4.42. The van der Waals surface area contributed by atoms with Gasteiger partial charge in [0.25, 0.3) is 5.91 Å². The van der Waals surface area contributed by atoms with E-state index in [4.69, 9.17) is 4.74 Å². The van der Waals surface area contributed by atoms with E-state index in [2.05, 4.69) is 15.3 Å². The number of methoxy groups -OCH3 is 1. The van der Waals surface area contributed by atoms with E-state index in [1.165, 1.54) is 19.4 Å². The number of amidine groups is 1. The normalized spacial score (nSPS) is 26.5. The van der Waals surface area contributed by atoms with E-state index in [0.29, 0.717) is 12.0 Å². The molecular weight excluding hydrogens is 286 g/mol. The van der Waals surface area contributed by atoms with Crippen LogP contribution in [0.4, 0.5) is 0 Å². The summed E-state index contributed by atoms with van der Waals surface area (Å²) in [6.45, 7) is 2.25. The Morgan fingerprint density at radius 3 is 2.86 bits per heavy atom. The van der Waals surface area contributed by atoms with E-state index in [9.17, 15) is 14.7 Å². The average Bonchev–Trinajstić information content (AvgIpc) is 2.85. The molecule has 2 N–H and O–H groups in total. The van der Waals surface area contributed by atoms with Crippen molar-refractivity contribution in [3.8, 4) is 0 Å². The highest BCUT2D eigenvalue weighted by Crippen LogP contribution is 2.44. The Kier molecular flexibility index (Phi) is 3.44. The largest absolute Gasteiger partial charge is 0.478 e. The fourth-order valence-corrected chi connectivity index (χ4v) is 2.92. The summed E-state index contributed by atoms with van der Waals surface area (Å²) in [7, 11) is 1.53. The van der Waals surface area contributed by atoms with Gasteiger partial charge in [-0.25, -0.2) is 9.79 Å². The second-order valence-corrected chi connectivity index (χ2v) is 5.76. The molecule has 2 unspecified atom stereocenters. The van der Waals surface area contributed by atoms with Crippen molar-refractivity contribution in [3.05, 3.63) is 29.1 Å². The SMILES string of the molecule is COCc1cnc(C2=NC3(CCC3C)C(=O)N2)c(C(=O)O)c1. The van der Waals surface area contributed by atoms with Gasteiger partial charge in [-0.1, -0.05) is 6.92 Å². The van der Waals surface area contributed by atoms with Crippen molar-refractivity contribution in [2.24, 2.45) is 10.9 Å². The van der Waals surface area contributed by atoms with Crippen LogP contribution in [0.3, 0.4) is 0 Å². The predicted octanol–water partition coefficient (Wildman–Crippen LogP) is 0.971. The maximum atomic E-state index is 12.2. The third kappa shape index (κ3) is 2.09. The molecule has 0 radical (unpaired) electrons. The number of hydrogen-bond donors (Lipinski definition) is 2. The van der Waals surface area contributed by atoms with Gasteiger partial charge in [-0.3, -0.25) is 9.78 Å². The number of carboxylic acid groups (broad SMARTS) is 1. The van der Waals surface area contributed by atoms with Crippen LogP contribution in [0, 0.1) is 5.92 Å². The number of aromatic nitrogens is 1. The summed E-state index contributed by atoms with van der Waals surface area (Å²) in [5, 5.41) is 12.1.